The summed E-state index contributed by atoms with van der Waals surface area (Å²) in [5, 5.41) is 5.62. The third-order valence-corrected chi connectivity index (χ3v) is 4.43. The highest BCUT2D eigenvalue weighted by Gasteiger charge is 2.14. The first-order valence-electron chi connectivity index (χ1n) is 6.00. The number of ether oxygens (including phenoxy) is 1. The van der Waals surface area contributed by atoms with E-state index in [4.69, 9.17) is 4.74 Å². The number of nitrogens with one attached hydrogen (secondary N) is 1. The van der Waals surface area contributed by atoms with Crippen molar-refractivity contribution in [1.82, 2.24) is 14.7 Å². The van der Waals surface area contributed by atoms with Crippen molar-refractivity contribution in [2.75, 3.05) is 19.1 Å². The van der Waals surface area contributed by atoms with Crippen molar-refractivity contribution >= 4 is 28.1 Å². The molecule has 0 amide bonds. The molecular weight excluding hydrogens is 266 g/mol. The van der Waals surface area contributed by atoms with E-state index in [0.717, 1.165) is 35.3 Å². The summed E-state index contributed by atoms with van der Waals surface area (Å²) in [7, 11) is 1.68. The summed E-state index contributed by atoms with van der Waals surface area (Å²) < 4.78 is 7.44. The van der Waals surface area contributed by atoms with E-state index in [1.54, 1.807) is 18.4 Å². The summed E-state index contributed by atoms with van der Waals surface area (Å²) >= 11 is 3.50. The lowest BCUT2D eigenvalue weighted by Crippen LogP contribution is -2.30. The van der Waals surface area contributed by atoms with E-state index in [2.05, 4.69) is 27.9 Å². The average molecular weight is 285 g/mol. The van der Waals surface area contributed by atoms with Crippen LogP contribution in [-0.2, 0) is 6.54 Å². The molecule has 18 heavy (non-hydrogen) atoms. The quantitative estimate of drug-likeness (QED) is 0.849. The van der Waals surface area contributed by atoms with Gasteiger partial charge in [-0.25, -0.2) is 0 Å². The molecule has 2 aromatic heterocycles. The van der Waals surface area contributed by atoms with Crippen molar-refractivity contribution in [1.29, 1.82) is 0 Å². The number of hydrogen-bond acceptors (Lipinski definition) is 5. The zero-order chi connectivity index (χ0) is 13.0. The smallest absolute Gasteiger partial charge is 0.237 e. The molecule has 0 aromatic carbocycles. The number of thiazole rings is 1. The molecule has 2 heterocycles. The van der Waals surface area contributed by atoms with Gasteiger partial charge >= 0.3 is 0 Å². The Bertz CT molecular complexity index is 494. The van der Waals surface area contributed by atoms with Crippen LogP contribution in [0.2, 0.25) is 0 Å². The summed E-state index contributed by atoms with van der Waals surface area (Å²) in [6.45, 7) is 3.00. The fourth-order valence-electron chi connectivity index (χ4n) is 1.90. The first-order chi connectivity index (χ1) is 8.80. The predicted octanol–water partition coefficient (Wildman–Crippen LogP) is 2.64. The second-order valence-corrected chi connectivity index (χ2v) is 5.85. The number of thioether (sulfide) groups is 1. The number of fused-ring (bicyclic) bond motifs is 1. The van der Waals surface area contributed by atoms with Crippen molar-refractivity contribution in [3.63, 3.8) is 0 Å². The molecule has 0 radical (unpaired) electrons. The minimum absolute atomic E-state index is 0.536. The predicted molar refractivity (Wildman–Crippen MR) is 78.9 cm³/mol. The van der Waals surface area contributed by atoms with Gasteiger partial charge in [0.05, 0.1) is 7.11 Å². The minimum Gasteiger partial charge on any atom is -0.480 e. The fraction of sp³-hybridized carbons (Fsp3) is 0.583. The van der Waals surface area contributed by atoms with Crippen LogP contribution in [0.1, 0.15) is 19.0 Å². The molecule has 0 saturated heterocycles. The van der Waals surface area contributed by atoms with E-state index in [1.165, 1.54) is 0 Å². The maximum Gasteiger partial charge on any atom is 0.237 e. The summed E-state index contributed by atoms with van der Waals surface area (Å²) in [6.07, 6.45) is 5.32. The standard InChI is InChI=1S/C12H19N3OS2/c1-4-9(8-17-3)13-7-10-11(16-2)14-12-15(10)5-6-18-12/h5-6,9,13H,4,7-8H2,1-3H3. The molecule has 100 valence electrons. The third kappa shape index (κ3) is 2.81. The van der Waals surface area contributed by atoms with Crippen molar-refractivity contribution in [2.24, 2.45) is 0 Å². The van der Waals surface area contributed by atoms with Gasteiger partial charge < -0.3 is 10.1 Å². The van der Waals surface area contributed by atoms with Crippen LogP contribution in [0.5, 0.6) is 5.88 Å². The Hall–Kier alpha value is -0.720. The van der Waals surface area contributed by atoms with Crippen LogP contribution in [0, 0.1) is 0 Å². The van der Waals surface area contributed by atoms with E-state index < -0.39 is 0 Å². The number of nitrogens with zero attached hydrogens (tertiary/aromatic N) is 2. The van der Waals surface area contributed by atoms with Gasteiger partial charge in [0, 0.05) is 29.9 Å². The van der Waals surface area contributed by atoms with Crippen molar-refractivity contribution < 1.29 is 4.74 Å². The third-order valence-electron chi connectivity index (χ3n) is 2.94. The Labute approximate surface area is 116 Å². The maximum absolute atomic E-state index is 5.34. The molecule has 0 spiro atoms. The molecule has 0 fully saturated rings. The number of methoxy groups -OCH3 is 1. The summed E-state index contributed by atoms with van der Waals surface area (Å²) in [5.41, 5.74) is 1.10. The minimum atomic E-state index is 0.536. The first kappa shape index (κ1) is 13.7. The molecule has 1 unspecified atom stereocenters. The number of imidazole rings is 1. The van der Waals surface area contributed by atoms with Crippen LogP contribution >= 0.6 is 23.1 Å². The van der Waals surface area contributed by atoms with Crippen LogP contribution in [0.15, 0.2) is 11.6 Å². The molecule has 0 aliphatic heterocycles. The highest BCUT2D eigenvalue weighted by molar-refractivity contribution is 7.98. The zero-order valence-corrected chi connectivity index (χ0v) is 12.6. The molecule has 6 heteroatoms. The van der Waals surface area contributed by atoms with Gasteiger partial charge in [-0.3, -0.25) is 4.40 Å². The molecular formula is C12H19N3OS2. The van der Waals surface area contributed by atoms with Crippen LogP contribution in [0.3, 0.4) is 0 Å². The first-order valence-corrected chi connectivity index (χ1v) is 8.28. The van der Waals surface area contributed by atoms with E-state index in [9.17, 15) is 0 Å². The second-order valence-electron chi connectivity index (χ2n) is 4.06. The van der Waals surface area contributed by atoms with Crippen molar-refractivity contribution in [3.8, 4) is 5.88 Å². The van der Waals surface area contributed by atoms with E-state index >= 15 is 0 Å². The Morgan fingerprint density at radius 1 is 1.61 bits per heavy atom. The molecule has 0 saturated carbocycles. The van der Waals surface area contributed by atoms with Crippen LogP contribution in [0.4, 0.5) is 0 Å². The van der Waals surface area contributed by atoms with Crippen LogP contribution in [0.25, 0.3) is 4.96 Å². The summed E-state index contributed by atoms with van der Waals surface area (Å²) in [4.78, 5) is 5.44. The molecule has 0 aliphatic carbocycles. The molecule has 1 N–H and O–H groups in total. The van der Waals surface area contributed by atoms with Gasteiger partial charge in [0.15, 0.2) is 4.96 Å². The Balaban J connectivity index is 2.11. The lowest BCUT2D eigenvalue weighted by molar-refractivity contribution is 0.391. The summed E-state index contributed by atoms with van der Waals surface area (Å²) in [5.74, 6) is 1.86. The fourth-order valence-corrected chi connectivity index (χ4v) is 3.38. The Morgan fingerprint density at radius 2 is 2.44 bits per heavy atom. The molecule has 0 bridgehead atoms. The Morgan fingerprint density at radius 3 is 3.11 bits per heavy atom. The van der Waals surface area contributed by atoms with Gasteiger partial charge in [0.2, 0.25) is 5.88 Å². The molecule has 1 atom stereocenters. The van der Waals surface area contributed by atoms with Gasteiger partial charge in [0.1, 0.15) is 5.69 Å². The van der Waals surface area contributed by atoms with Gasteiger partial charge in [-0.05, 0) is 12.7 Å². The number of rotatable bonds is 7. The maximum atomic E-state index is 5.34. The monoisotopic (exact) mass is 285 g/mol. The average Bonchev–Trinajstić information content (AvgIpc) is 2.95. The van der Waals surface area contributed by atoms with Gasteiger partial charge in [-0.15, -0.1) is 11.3 Å². The van der Waals surface area contributed by atoms with Crippen molar-refractivity contribution in [3.05, 3.63) is 17.3 Å². The molecule has 2 aromatic rings. The SMILES string of the molecule is CCC(CSC)NCc1c(OC)nc2sccn12. The second kappa shape index (κ2) is 6.45. The lowest BCUT2D eigenvalue weighted by Gasteiger charge is -2.15. The zero-order valence-electron chi connectivity index (χ0n) is 11.0. The topological polar surface area (TPSA) is 38.6 Å². The molecule has 4 nitrogen and oxygen atoms in total. The highest BCUT2D eigenvalue weighted by Crippen LogP contribution is 2.23. The highest BCUT2D eigenvalue weighted by atomic mass is 32.2. The van der Waals surface area contributed by atoms with E-state index in [1.807, 2.05) is 23.3 Å². The van der Waals surface area contributed by atoms with Gasteiger partial charge in [-0.1, -0.05) is 6.92 Å². The lowest BCUT2D eigenvalue weighted by atomic mass is 10.2. The largest absolute Gasteiger partial charge is 0.480 e. The van der Waals surface area contributed by atoms with Gasteiger partial charge in [-0.2, -0.15) is 16.7 Å². The van der Waals surface area contributed by atoms with Crippen LogP contribution < -0.4 is 10.1 Å². The van der Waals surface area contributed by atoms with Crippen molar-refractivity contribution in [2.45, 2.75) is 25.9 Å². The Kier molecular flexibility index (Phi) is 4.91. The molecule has 2 rings (SSSR count). The normalized spacial score (nSPS) is 13.1. The van der Waals surface area contributed by atoms with E-state index in [0.29, 0.717) is 6.04 Å². The number of hydrogen-bond donors (Lipinski definition) is 1. The van der Waals surface area contributed by atoms with E-state index in [-0.39, 0.29) is 0 Å². The van der Waals surface area contributed by atoms with Crippen LogP contribution in [-0.4, -0.2) is 34.5 Å². The molecule has 0 aliphatic rings. The number of aromatic nitrogens is 2. The van der Waals surface area contributed by atoms with Gasteiger partial charge in [0.25, 0.3) is 0 Å². The summed E-state index contributed by atoms with van der Waals surface area (Å²) in [6, 6.07) is 0.536.